The molecule has 1 aliphatic rings. The van der Waals surface area contributed by atoms with Crippen LogP contribution in [0.3, 0.4) is 0 Å². The molecular weight excluding hydrogens is 446 g/mol. The molecule has 0 saturated carbocycles. The molecule has 0 unspecified atom stereocenters. The van der Waals surface area contributed by atoms with Gasteiger partial charge in [0.1, 0.15) is 11.5 Å². The van der Waals surface area contributed by atoms with Crippen LogP contribution in [0.2, 0.25) is 0 Å². The Kier molecular flexibility index (Phi) is 8.17. The number of amides is 1. The lowest BCUT2D eigenvalue weighted by atomic mass is 10.1. The number of ether oxygens (including phenoxy) is 3. The molecule has 1 amide bonds. The third kappa shape index (κ3) is 5.76. The normalized spacial score (nSPS) is 14.3. The number of nitrogens with zero attached hydrogens (tertiary/aromatic N) is 2. The van der Waals surface area contributed by atoms with Gasteiger partial charge < -0.3 is 24.4 Å². The minimum absolute atomic E-state index is 0.0443. The second-order valence-electron chi connectivity index (χ2n) is 7.55. The maximum atomic E-state index is 13.0. The first-order valence-corrected chi connectivity index (χ1v) is 12.3. The fraction of sp³-hybridized carbons (Fsp3) is 0.435. The fourth-order valence-electron chi connectivity index (χ4n) is 3.45. The average molecular weight is 478 g/mol. The molecule has 0 radical (unpaired) electrons. The maximum Gasteiger partial charge on any atom is 0.255 e. The largest absolute Gasteiger partial charge is 0.492 e. The van der Waals surface area contributed by atoms with Crippen LogP contribution in [-0.4, -0.2) is 72.2 Å². The van der Waals surface area contributed by atoms with Crippen molar-refractivity contribution < 1.29 is 27.4 Å². The zero-order valence-electron chi connectivity index (χ0n) is 19.5. The van der Waals surface area contributed by atoms with Gasteiger partial charge in [0.2, 0.25) is 10.0 Å². The molecule has 1 saturated heterocycles. The summed E-state index contributed by atoms with van der Waals surface area (Å²) >= 11 is 0. The van der Waals surface area contributed by atoms with Gasteiger partial charge in [0.15, 0.2) is 0 Å². The summed E-state index contributed by atoms with van der Waals surface area (Å²) in [6.07, 6.45) is 0. The summed E-state index contributed by atoms with van der Waals surface area (Å²) in [5, 5.41) is 2.85. The number of morpholine rings is 1. The van der Waals surface area contributed by atoms with Gasteiger partial charge in [-0.25, -0.2) is 12.7 Å². The van der Waals surface area contributed by atoms with Crippen LogP contribution >= 0.6 is 0 Å². The van der Waals surface area contributed by atoms with Crippen LogP contribution in [0.5, 0.6) is 11.5 Å². The smallest absolute Gasteiger partial charge is 0.255 e. The average Bonchev–Trinajstić information content (AvgIpc) is 2.81. The molecule has 10 heteroatoms. The lowest BCUT2D eigenvalue weighted by Gasteiger charge is -2.31. The Morgan fingerprint density at radius 3 is 2.36 bits per heavy atom. The molecule has 180 valence electrons. The van der Waals surface area contributed by atoms with Gasteiger partial charge in [-0.15, -0.1) is 0 Å². The van der Waals surface area contributed by atoms with Crippen LogP contribution in [0.1, 0.15) is 24.2 Å². The van der Waals surface area contributed by atoms with E-state index >= 15 is 0 Å². The van der Waals surface area contributed by atoms with E-state index in [1.165, 1.54) is 26.2 Å². The first kappa shape index (κ1) is 24.8. The highest BCUT2D eigenvalue weighted by Gasteiger charge is 2.22. The van der Waals surface area contributed by atoms with E-state index < -0.39 is 15.9 Å². The Hall–Kier alpha value is -2.82. The molecule has 1 fully saturated rings. The number of anilines is 2. The van der Waals surface area contributed by atoms with Crippen molar-refractivity contribution >= 4 is 27.3 Å². The van der Waals surface area contributed by atoms with Gasteiger partial charge in [0.05, 0.1) is 42.7 Å². The van der Waals surface area contributed by atoms with Crippen molar-refractivity contribution in [2.45, 2.75) is 18.7 Å². The number of hydrogen-bond acceptors (Lipinski definition) is 7. The van der Waals surface area contributed by atoms with Crippen molar-refractivity contribution in [1.82, 2.24) is 4.31 Å². The SMILES string of the molecule is CCOc1cc(N2CCOCC2)c(OCC)cc1NC(=O)c1cccc(S(=O)(=O)N(C)C)c1. The third-order valence-electron chi connectivity index (χ3n) is 5.14. The molecule has 0 spiro atoms. The van der Waals surface area contributed by atoms with E-state index in [0.717, 1.165) is 23.1 Å². The monoisotopic (exact) mass is 477 g/mol. The van der Waals surface area contributed by atoms with Crippen molar-refractivity contribution in [2.24, 2.45) is 0 Å². The van der Waals surface area contributed by atoms with E-state index in [1.54, 1.807) is 18.2 Å². The number of benzene rings is 2. The first-order chi connectivity index (χ1) is 15.8. The Bertz CT molecular complexity index is 1080. The van der Waals surface area contributed by atoms with Crippen molar-refractivity contribution in [3.05, 3.63) is 42.0 Å². The quantitative estimate of drug-likeness (QED) is 0.593. The van der Waals surface area contributed by atoms with Gasteiger partial charge in [0.25, 0.3) is 5.91 Å². The lowest BCUT2D eigenvalue weighted by Crippen LogP contribution is -2.36. The maximum absolute atomic E-state index is 13.0. The Balaban J connectivity index is 1.95. The topological polar surface area (TPSA) is 97.4 Å². The van der Waals surface area contributed by atoms with Crippen molar-refractivity contribution in [2.75, 3.05) is 63.8 Å². The first-order valence-electron chi connectivity index (χ1n) is 10.9. The molecule has 33 heavy (non-hydrogen) atoms. The van der Waals surface area contributed by atoms with Crippen molar-refractivity contribution in [1.29, 1.82) is 0 Å². The summed E-state index contributed by atoms with van der Waals surface area (Å²) in [6, 6.07) is 9.54. The summed E-state index contributed by atoms with van der Waals surface area (Å²) < 4.78 is 43.2. The second-order valence-corrected chi connectivity index (χ2v) is 9.70. The van der Waals surface area contributed by atoms with Gasteiger partial charge in [-0.3, -0.25) is 4.79 Å². The van der Waals surface area contributed by atoms with Crippen LogP contribution in [0, 0.1) is 0 Å². The minimum atomic E-state index is -3.66. The highest BCUT2D eigenvalue weighted by molar-refractivity contribution is 7.89. The lowest BCUT2D eigenvalue weighted by molar-refractivity contribution is 0.102. The van der Waals surface area contributed by atoms with Crippen molar-refractivity contribution in [3.8, 4) is 11.5 Å². The standard InChI is InChI=1S/C23H31N3O6S/c1-5-31-21-16-20(26-10-12-30-13-11-26)22(32-6-2)15-19(21)24-23(27)17-8-7-9-18(14-17)33(28,29)25(3)4/h7-9,14-16H,5-6,10-13H2,1-4H3,(H,24,27). The van der Waals surface area contributed by atoms with Crippen LogP contribution < -0.4 is 19.7 Å². The summed E-state index contributed by atoms with van der Waals surface area (Å²) in [7, 11) is -0.769. The number of carbonyl (C=O) groups excluding carboxylic acids is 1. The molecule has 0 atom stereocenters. The van der Waals surface area contributed by atoms with Crippen LogP contribution in [0.4, 0.5) is 11.4 Å². The number of carbonyl (C=O) groups is 1. The zero-order chi connectivity index (χ0) is 24.0. The number of nitrogens with one attached hydrogen (secondary N) is 1. The van der Waals surface area contributed by atoms with Crippen molar-refractivity contribution in [3.63, 3.8) is 0 Å². The number of rotatable bonds is 9. The molecule has 1 N–H and O–H groups in total. The van der Waals surface area contributed by atoms with Crippen LogP contribution in [0.15, 0.2) is 41.3 Å². The summed E-state index contributed by atoms with van der Waals surface area (Å²) in [4.78, 5) is 15.2. The number of hydrogen-bond donors (Lipinski definition) is 1. The molecule has 0 bridgehead atoms. The fourth-order valence-corrected chi connectivity index (χ4v) is 4.40. The molecule has 0 aliphatic carbocycles. The van der Waals surface area contributed by atoms with Gasteiger partial charge in [0, 0.05) is 44.9 Å². The zero-order valence-corrected chi connectivity index (χ0v) is 20.3. The van der Waals surface area contributed by atoms with E-state index in [2.05, 4.69) is 10.2 Å². The molecule has 1 heterocycles. The molecule has 9 nitrogen and oxygen atoms in total. The highest BCUT2D eigenvalue weighted by atomic mass is 32.2. The highest BCUT2D eigenvalue weighted by Crippen LogP contribution is 2.39. The molecular formula is C23H31N3O6S. The second kappa shape index (κ2) is 10.9. The third-order valence-corrected chi connectivity index (χ3v) is 6.95. The van der Waals surface area contributed by atoms with E-state index in [0.29, 0.717) is 43.6 Å². The Morgan fingerprint density at radius 1 is 1.06 bits per heavy atom. The predicted molar refractivity (Wildman–Crippen MR) is 127 cm³/mol. The summed E-state index contributed by atoms with van der Waals surface area (Å²) in [6.45, 7) is 7.34. The van der Waals surface area contributed by atoms with Gasteiger partial charge >= 0.3 is 0 Å². The van der Waals surface area contributed by atoms with Gasteiger partial charge in [-0.05, 0) is 32.0 Å². The van der Waals surface area contributed by atoms with Crippen LogP contribution in [0.25, 0.3) is 0 Å². The number of sulfonamides is 1. The van der Waals surface area contributed by atoms with Gasteiger partial charge in [-0.1, -0.05) is 6.07 Å². The van der Waals surface area contributed by atoms with E-state index in [9.17, 15) is 13.2 Å². The Morgan fingerprint density at radius 2 is 1.73 bits per heavy atom. The van der Waals surface area contributed by atoms with E-state index in [4.69, 9.17) is 14.2 Å². The summed E-state index contributed by atoms with van der Waals surface area (Å²) in [5.74, 6) is 0.684. The molecule has 2 aromatic rings. The summed E-state index contributed by atoms with van der Waals surface area (Å²) in [5.41, 5.74) is 1.54. The minimum Gasteiger partial charge on any atom is -0.492 e. The van der Waals surface area contributed by atoms with Crippen LogP contribution in [-0.2, 0) is 14.8 Å². The Labute approximate surface area is 195 Å². The van der Waals surface area contributed by atoms with Gasteiger partial charge in [-0.2, -0.15) is 0 Å². The van der Waals surface area contributed by atoms with E-state index in [1.807, 2.05) is 19.9 Å². The van der Waals surface area contributed by atoms with E-state index in [-0.39, 0.29) is 10.5 Å². The molecule has 2 aromatic carbocycles. The predicted octanol–water partition coefficient (Wildman–Crippen LogP) is 2.82. The molecule has 0 aromatic heterocycles. The molecule has 1 aliphatic heterocycles. The molecule has 3 rings (SSSR count).